The van der Waals surface area contributed by atoms with E-state index in [4.69, 9.17) is 5.73 Å². The van der Waals surface area contributed by atoms with E-state index in [0.717, 1.165) is 62.1 Å². The van der Waals surface area contributed by atoms with E-state index in [1.165, 1.54) is 0 Å². The predicted octanol–water partition coefficient (Wildman–Crippen LogP) is 3.05. The Bertz CT molecular complexity index is 698. The van der Waals surface area contributed by atoms with Gasteiger partial charge in [0.2, 0.25) is 5.95 Å². The van der Waals surface area contributed by atoms with E-state index in [9.17, 15) is 5.11 Å². The Labute approximate surface area is 154 Å². The van der Waals surface area contributed by atoms with Crippen molar-refractivity contribution < 1.29 is 5.11 Å². The summed E-state index contributed by atoms with van der Waals surface area (Å²) < 4.78 is 0. The van der Waals surface area contributed by atoms with Crippen LogP contribution in [0.15, 0.2) is 24.5 Å². The maximum absolute atomic E-state index is 9.73. The Hall–Kier alpha value is -2.41. The van der Waals surface area contributed by atoms with Crippen molar-refractivity contribution in [2.75, 3.05) is 22.9 Å². The third-order valence-corrected chi connectivity index (χ3v) is 4.70. The van der Waals surface area contributed by atoms with Crippen molar-refractivity contribution in [1.82, 2.24) is 15.0 Å². The smallest absolute Gasteiger partial charge is 0.224 e. The van der Waals surface area contributed by atoms with E-state index in [1.54, 1.807) is 12.4 Å². The molecule has 0 aliphatic heterocycles. The fraction of sp³-hybridized carbons (Fsp3) is 0.526. The molecular formula is C19H28N6O. The van der Waals surface area contributed by atoms with Crippen molar-refractivity contribution in [3.8, 4) is 11.3 Å². The van der Waals surface area contributed by atoms with Gasteiger partial charge in [0.1, 0.15) is 5.82 Å². The monoisotopic (exact) mass is 356 g/mol. The van der Waals surface area contributed by atoms with Crippen LogP contribution in [0.25, 0.3) is 11.3 Å². The van der Waals surface area contributed by atoms with Gasteiger partial charge in [0.15, 0.2) is 0 Å². The Kier molecular flexibility index (Phi) is 6.22. The zero-order valence-electron chi connectivity index (χ0n) is 15.3. The number of nitrogens with two attached hydrogens (primary N) is 1. The van der Waals surface area contributed by atoms with Crippen LogP contribution in [-0.4, -0.2) is 38.7 Å². The van der Waals surface area contributed by atoms with Crippen LogP contribution in [0.1, 0.15) is 45.4 Å². The molecule has 2 aromatic heterocycles. The number of unbranched alkanes of at least 4 members (excludes halogenated alkanes) is 1. The molecule has 0 atom stereocenters. The van der Waals surface area contributed by atoms with Gasteiger partial charge in [-0.2, -0.15) is 4.98 Å². The highest BCUT2D eigenvalue weighted by atomic mass is 16.3. The molecule has 7 nitrogen and oxygen atoms in total. The summed E-state index contributed by atoms with van der Waals surface area (Å²) in [6, 6.07) is 4.01. The van der Waals surface area contributed by atoms with Gasteiger partial charge in [-0.3, -0.25) is 4.98 Å². The molecule has 1 fully saturated rings. The van der Waals surface area contributed by atoms with Crippen molar-refractivity contribution >= 4 is 17.5 Å². The van der Waals surface area contributed by atoms with Crippen LogP contribution in [0.2, 0.25) is 0 Å². The summed E-state index contributed by atoms with van der Waals surface area (Å²) >= 11 is 0. The van der Waals surface area contributed by atoms with Crippen molar-refractivity contribution in [3.05, 3.63) is 24.5 Å². The molecule has 1 aliphatic rings. The lowest BCUT2D eigenvalue weighted by Gasteiger charge is -2.27. The fourth-order valence-electron chi connectivity index (χ4n) is 3.12. The molecule has 5 N–H and O–H groups in total. The van der Waals surface area contributed by atoms with E-state index in [-0.39, 0.29) is 6.10 Å². The second-order valence-electron chi connectivity index (χ2n) is 6.86. The van der Waals surface area contributed by atoms with Crippen molar-refractivity contribution in [3.63, 3.8) is 0 Å². The average molecular weight is 356 g/mol. The SMILES string of the molecule is CCCCNc1ncc(-c2ccc(N)cn2)c(NC2CCC(O)CC2)n1. The number of aliphatic hydroxyl groups is 1. The minimum Gasteiger partial charge on any atom is -0.397 e. The topological polar surface area (TPSA) is 109 Å². The van der Waals surface area contributed by atoms with E-state index < -0.39 is 0 Å². The Morgan fingerprint density at radius 2 is 1.96 bits per heavy atom. The number of pyridine rings is 1. The van der Waals surface area contributed by atoms with E-state index in [1.807, 2.05) is 12.1 Å². The maximum atomic E-state index is 9.73. The first-order valence-electron chi connectivity index (χ1n) is 9.43. The van der Waals surface area contributed by atoms with Crippen LogP contribution < -0.4 is 16.4 Å². The number of hydrogen-bond acceptors (Lipinski definition) is 7. The van der Waals surface area contributed by atoms with Gasteiger partial charge in [-0.05, 0) is 44.2 Å². The highest BCUT2D eigenvalue weighted by Crippen LogP contribution is 2.29. The molecule has 0 saturated heterocycles. The van der Waals surface area contributed by atoms with Gasteiger partial charge in [0.25, 0.3) is 0 Å². The summed E-state index contributed by atoms with van der Waals surface area (Å²) in [5.74, 6) is 1.40. The molecule has 0 bridgehead atoms. The molecule has 2 heterocycles. The van der Waals surface area contributed by atoms with Crippen molar-refractivity contribution in [2.45, 2.75) is 57.6 Å². The van der Waals surface area contributed by atoms with Gasteiger partial charge in [0, 0.05) is 18.8 Å². The fourth-order valence-corrected chi connectivity index (χ4v) is 3.12. The lowest BCUT2D eigenvalue weighted by molar-refractivity contribution is 0.126. The molecular weight excluding hydrogens is 328 g/mol. The molecule has 0 unspecified atom stereocenters. The quantitative estimate of drug-likeness (QED) is 0.565. The molecule has 0 radical (unpaired) electrons. The lowest BCUT2D eigenvalue weighted by Crippen LogP contribution is -2.29. The molecule has 0 aromatic carbocycles. The van der Waals surface area contributed by atoms with Crippen LogP contribution >= 0.6 is 0 Å². The van der Waals surface area contributed by atoms with Crippen LogP contribution in [0.5, 0.6) is 0 Å². The van der Waals surface area contributed by atoms with E-state index in [0.29, 0.717) is 17.7 Å². The number of aromatic nitrogens is 3. The van der Waals surface area contributed by atoms with E-state index >= 15 is 0 Å². The number of nitrogens with zero attached hydrogens (tertiary/aromatic N) is 3. The summed E-state index contributed by atoms with van der Waals surface area (Å²) in [6.07, 6.45) is 8.96. The lowest BCUT2D eigenvalue weighted by atomic mass is 9.93. The molecule has 7 heteroatoms. The van der Waals surface area contributed by atoms with Gasteiger partial charge < -0.3 is 21.5 Å². The number of hydrogen-bond donors (Lipinski definition) is 4. The third kappa shape index (κ3) is 4.82. The Balaban J connectivity index is 1.83. The van der Waals surface area contributed by atoms with Crippen LogP contribution in [0.4, 0.5) is 17.5 Å². The molecule has 3 rings (SSSR count). The summed E-state index contributed by atoms with van der Waals surface area (Å²) in [5, 5.41) is 16.5. The highest BCUT2D eigenvalue weighted by molar-refractivity contribution is 5.73. The molecule has 0 spiro atoms. The molecule has 2 aromatic rings. The number of nitrogens with one attached hydrogen (secondary N) is 2. The number of nitrogen functional groups attached to an aromatic ring is 1. The maximum Gasteiger partial charge on any atom is 0.224 e. The van der Waals surface area contributed by atoms with Gasteiger partial charge >= 0.3 is 0 Å². The average Bonchev–Trinajstić information content (AvgIpc) is 2.65. The largest absolute Gasteiger partial charge is 0.397 e. The molecule has 26 heavy (non-hydrogen) atoms. The molecule has 1 saturated carbocycles. The predicted molar refractivity (Wildman–Crippen MR) is 105 cm³/mol. The highest BCUT2D eigenvalue weighted by Gasteiger charge is 2.21. The van der Waals surface area contributed by atoms with Gasteiger partial charge in [-0.25, -0.2) is 4.98 Å². The van der Waals surface area contributed by atoms with Crippen LogP contribution in [0.3, 0.4) is 0 Å². The first-order chi connectivity index (χ1) is 12.7. The molecule has 1 aliphatic carbocycles. The van der Waals surface area contributed by atoms with Gasteiger partial charge in [-0.15, -0.1) is 0 Å². The third-order valence-electron chi connectivity index (χ3n) is 4.70. The number of anilines is 3. The number of aliphatic hydroxyl groups excluding tert-OH is 1. The molecule has 140 valence electrons. The van der Waals surface area contributed by atoms with Crippen LogP contribution in [-0.2, 0) is 0 Å². The first-order valence-corrected chi connectivity index (χ1v) is 9.43. The van der Waals surface area contributed by atoms with Gasteiger partial charge in [0.05, 0.1) is 29.2 Å². The Morgan fingerprint density at radius 3 is 2.65 bits per heavy atom. The normalized spacial score (nSPS) is 19.9. The zero-order valence-corrected chi connectivity index (χ0v) is 15.3. The van der Waals surface area contributed by atoms with Crippen molar-refractivity contribution in [2.24, 2.45) is 0 Å². The second-order valence-corrected chi connectivity index (χ2v) is 6.86. The minimum absolute atomic E-state index is 0.178. The first kappa shape index (κ1) is 18.4. The zero-order chi connectivity index (χ0) is 18.4. The Morgan fingerprint density at radius 1 is 1.15 bits per heavy atom. The second kappa shape index (κ2) is 8.80. The standard InChI is InChI=1S/C19H28N6O/c1-2-3-10-21-19-23-12-16(17-9-4-13(20)11-22-17)18(25-19)24-14-5-7-15(26)8-6-14/h4,9,11-12,14-15,26H,2-3,5-8,10,20H2,1H3,(H2,21,23,24,25). The summed E-state index contributed by atoms with van der Waals surface area (Å²) in [7, 11) is 0. The summed E-state index contributed by atoms with van der Waals surface area (Å²) in [5.41, 5.74) is 8.03. The van der Waals surface area contributed by atoms with Crippen LogP contribution in [0, 0.1) is 0 Å². The van der Waals surface area contributed by atoms with E-state index in [2.05, 4.69) is 32.5 Å². The molecule has 0 amide bonds. The van der Waals surface area contributed by atoms with Crippen molar-refractivity contribution in [1.29, 1.82) is 0 Å². The van der Waals surface area contributed by atoms with Gasteiger partial charge in [-0.1, -0.05) is 13.3 Å². The number of rotatable bonds is 7. The summed E-state index contributed by atoms with van der Waals surface area (Å²) in [6.45, 7) is 3.01. The summed E-state index contributed by atoms with van der Waals surface area (Å²) in [4.78, 5) is 13.5. The minimum atomic E-state index is -0.178.